The van der Waals surface area contributed by atoms with E-state index in [1.54, 1.807) is 18.3 Å². The van der Waals surface area contributed by atoms with Crippen LogP contribution in [0, 0.1) is 0 Å². The smallest absolute Gasteiger partial charge is 0.124 e. The molecule has 0 fully saturated rings. The highest BCUT2D eigenvalue weighted by molar-refractivity contribution is 9.10. The fraction of sp³-hybridized carbons (Fsp3) is 0.235. The van der Waals surface area contributed by atoms with E-state index in [1.807, 2.05) is 18.2 Å². The van der Waals surface area contributed by atoms with Crippen molar-refractivity contribution in [1.82, 2.24) is 0 Å². The minimum Gasteiger partial charge on any atom is -0.507 e. The molecule has 0 aliphatic rings. The molecule has 0 aromatic heterocycles. The van der Waals surface area contributed by atoms with Crippen molar-refractivity contribution >= 4 is 27.8 Å². The van der Waals surface area contributed by atoms with Crippen molar-refractivity contribution in [3.63, 3.8) is 0 Å². The minimum absolute atomic E-state index is 0.230. The fourth-order valence-electron chi connectivity index (χ4n) is 1.90. The predicted octanol–water partition coefficient (Wildman–Crippen LogP) is 5.42. The van der Waals surface area contributed by atoms with Gasteiger partial charge in [-0.1, -0.05) is 41.9 Å². The summed E-state index contributed by atoms with van der Waals surface area (Å²) in [6.07, 6.45) is 2.81. The van der Waals surface area contributed by atoms with E-state index in [0.717, 1.165) is 16.6 Å². The predicted molar refractivity (Wildman–Crippen MR) is 88.2 cm³/mol. The summed E-state index contributed by atoms with van der Waals surface area (Å²) in [5.41, 5.74) is 2.92. The Balaban J connectivity index is 2.17. The molecule has 20 heavy (non-hydrogen) atoms. The van der Waals surface area contributed by atoms with E-state index in [4.69, 9.17) is 0 Å². The molecular formula is C17H18BrNO. The lowest BCUT2D eigenvalue weighted by Gasteiger charge is -2.08. The average Bonchev–Trinajstić information content (AvgIpc) is 2.48. The summed E-state index contributed by atoms with van der Waals surface area (Å²) in [5, 5.41) is 9.75. The van der Waals surface area contributed by atoms with Crippen LogP contribution in [-0.2, 0) is 0 Å². The van der Waals surface area contributed by atoms with E-state index < -0.39 is 0 Å². The van der Waals surface area contributed by atoms with Gasteiger partial charge in [-0.05, 0) is 48.2 Å². The van der Waals surface area contributed by atoms with Gasteiger partial charge in [0.2, 0.25) is 0 Å². The van der Waals surface area contributed by atoms with Gasteiger partial charge in [0.1, 0.15) is 5.75 Å². The first kappa shape index (κ1) is 14.8. The lowest BCUT2D eigenvalue weighted by atomic mass is 9.99. The zero-order valence-electron chi connectivity index (χ0n) is 11.7. The highest BCUT2D eigenvalue weighted by Crippen LogP contribution is 2.23. The summed E-state index contributed by atoms with van der Waals surface area (Å²) in [6, 6.07) is 13.5. The van der Waals surface area contributed by atoms with E-state index in [2.05, 4.69) is 46.9 Å². The van der Waals surface area contributed by atoms with Crippen LogP contribution in [0.2, 0.25) is 0 Å². The molecule has 0 aliphatic carbocycles. The quantitative estimate of drug-likeness (QED) is 0.745. The average molecular weight is 332 g/mol. The Morgan fingerprint density at radius 1 is 1.20 bits per heavy atom. The lowest BCUT2D eigenvalue weighted by Crippen LogP contribution is -1.89. The molecule has 2 aromatic carbocycles. The number of phenols is 1. The number of hydrogen-bond acceptors (Lipinski definition) is 2. The normalized spacial score (nSPS) is 12.8. The van der Waals surface area contributed by atoms with E-state index in [0.29, 0.717) is 11.5 Å². The van der Waals surface area contributed by atoms with Crippen molar-refractivity contribution in [3.8, 4) is 5.75 Å². The summed E-state index contributed by atoms with van der Waals surface area (Å²) in [6.45, 7) is 4.41. The molecule has 0 spiro atoms. The fourth-order valence-corrected chi connectivity index (χ4v) is 2.28. The second kappa shape index (κ2) is 6.71. The summed E-state index contributed by atoms with van der Waals surface area (Å²) < 4.78 is 0.920. The number of aromatic hydroxyl groups is 1. The lowest BCUT2D eigenvalue weighted by molar-refractivity contribution is 0.474. The highest BCUT2D eigenvalue weighted by Gasteiger charge is 2.02. The molecule has 0 saturated heterocycles. The van der Waals surface area contributed by atoms with E-state index in [1.165, 1.54) is 5.56 Å². The Labute approximate surface area is 128 Å². The molecule has 0 saturated carbocycles. The summed E-state index contributed by atoms with van der Waals surface area (Å²) in [7, 11) is 0. The van der Waals surface area contributed by atoms with Crippen molar-refractivity contribution < 1.29 is 5.11 Å². The van der Waals surface area contributed by atoms with Crippen LogP contribution >= 0.6 is 15.9 Å². The Morgan fingerprint density at radius 3 is 2.55 bits per heavy atom. The van der Waals surface area contributed by atoms with Gasteiger partial charge in [0.25, 0.3) is 0 Å². The van der Waals surface area contributed by atoms with Gasteiger partial charge in [0, 0.05) is 16.3 Å². The van der Waals surface area contributed by atoms with E-state index >= 15 is 0 Å². The largest absolute Gasteiger partial charge is 0.507 e. The Hall–Kier alpha value is -1.61. The van der Waals surface area contributed by atoms with Crippen LogP contribution in [0.4, 0.5) is 5.69 Å². The zero-order chi connectivity index (χ0) is 14.5. The van der Waals surface area contributed by atoms with E-state index in [9.17, 15) is 5.11 Å². The first-order chi connectivity index (χ1) is 9.60. The standard InChI is InChI=1S/C17H18BrNO/c1-3-12(2)13-4-7-16(8-5-13)19-11-14-10-15(18)6-9-17(14)20/h4-12,20H,3H2,1-2H3/t12-/m1/s1. The van der Waals surface area contributed by atoms with Gasteiger partial charge in [-0.15, -0.1) is 0 Å². The third kappa shape index (κ3) is 3.70. The number of nitrogens with zero attached hydrogens (tertiary/aromatic N) is 1. The zero-order valence-corrected chi connectivity index (χ0v) is 13.3. The molecule has 0 heterocycles. The molecule has 2 aromatic rings. The van der Waals surface area contributed by atoms with Crippen molar-refractivity contribution in [2.75, 3.05) is 0 Å². The minimum atomic E-state index is 0.230. The first-order valence-corrected chi connectivity index (χ1v) is 7.52. The summed E-state index contributed by atoms with van der Waals surface area (Å²) >= 11 is 3.38. The highest BCUT2D eigenvalue weighted by atomic mass is 79.9. The Bertz CT molecular complexity index is 605. The maximum Gasteiger partial charge on any atom is 0.124 e. The van der Waals surface area contributed by atoms with Gasteiger partial charge >= 0.3 is 0 Å². The SMILES string of the molecule is CC[C@@H](C)c1ccc(N=Cc2cc(Br)ccc2O)cc1. The van der Waals surface area contributed by atoms with Crippen LogP contribution in [0.15, 0.2) is 51.9 Å². The number of halogens is 1. The van der Waals surface area contributed by atoms with Crippen molar-refractivity contribution in [2.24, 2.45) is 4.99 Å². The van der Waals surface area contributed by atoms with Crippen LogP contribution in [0.5, 0.6) is 5.75 Å². The molecule has 1 N–H and O–H groups in total. The van der Waals surface area contributed by atoms with Crippen molar-refractivity contribution in [2.45, 2.75) is 26.2 Å². The van der Waals surface area contributed by atoms with Crippen LogP contribution in [-0.4, -0.2) is 11.3 Å². The number of benzene rings is 2. The van der Waals surface area contributed by atoms with Crippen LogP contribution in [0.1, 0.15) is 37.3 Å². The molecule has 0 amide bonds. The number of aliphatic imine (C=N–C) groups is 1. The van der Waals surface area contributed by atoms with Crippen molar-refractivity contribution in [1.29, 1.82) is 0 Å². The van der Waals surface area contributed by atoms with Gasteiger partial charge in [-0.3, -0.25) is 4.99 Å². The van der Waals surface area contributed by atoms with Gasteiger partial charge in [-0.25, -0.2) is 0 Å². The molecule has 1 atom stereocenters. The summed E-state index contributed by atoms with van der Waals surface area (Å²) in [5.74, 6) is 0.801. The van der Waals surface area contributed by atoms with Gasteiger partial charge in [0.05, 0.1) is 5.69 Å². The first-order valence-electron chi connectivity index (χ1n) is 6.72. The topological polar surface area (TPSA) is 32.6 Å². The Morgan fingerprint density at radius 2 is 1.90 bits per heavy atom. The van der Waals surface area contributed by atoms with Gasteiger partial charge in [0.15, 0.2) is 0 Å². The van der Waals surface area contributed by atoms with Crippen LogP contribution in [0.3, 0.4) is 0 Å². The second-order valence-corrected chi connectivity index (χ2v) is 5.78. The molecule has 104 valence electrons. The summed E-state index contributed by atoms with van der Waals surface area (Å²) in [4.78, 5) is 4.40. The Kier molecular flexibility index (Phi) is 4.96. The molecule has 2 rings (SSSR count). The molecule has 0 unspecified atom stereocenters. The molecular weight excluding hydrogens is 314 g/mol. The maximum absolute atomic E-state index is 9.75. The van der Waals surface area contributed by atoms with Gasteiger partial charge in [-0.2, -0.15) is 0 Å². The molecule has 0 aliphatic heterocycles. The molecule has 0 bridgehead atoms. The van der Waals surface area contributed by atoms with Crippen molar-refractivity contribution in [3.05, 3.63) is 58.1 Å². The monoisotopic (exact) mass is 331 g/mol. The van der Waals surface area contributed by atoms with Crippen LogP contribution in [0.25, 0.3) is 0 Å². The maximum atomic E-state index is 9.75. The third-order valence-electron chi connectivity index (χ3n) is 3.42. The number of rotatable bonds is 4. The number of hydrogen-bond donors (Lipinski definition) is 1. The molecule has 0 radical (unpaired) electrons. The molecule has 2 nitrogen and oxygen atoms in total. The second-order valence-electron chi connectivity index (χ2n) is 4.86. The molecule has 3 heteroatoms. The third-order valence-corrected chi connectivity index (χ3v) is 3.91. The van der Waals surface area contributed by atoms with Crippen LogP contribution < -0.4 is 0 Å². The number of phenolic OH excluding ortho intramolecular Hbond substituents is 1. The van der Waals surface area contributed by atoms with Gasteiger partial charge < -0.3 is 5.11 Å². The van der Waals surface area contributed by atoms with E-state index in [-0.39, 0.29) is 5.75 Å².